The van der Waals surface area contributed by atoms with E-state index in [0.29, 0.717) is 6.54 Å². The number of halogens is 1. The molecule has 8 heteroatoms. The molecule has 3 rings (SSSR count). The van der Waals surface area contributed by atoms with Crippen LogP contribution in [0.3, 0.4) is 0 Å². The zero-order valence-corrected chi connectivity index (χ0v) is 14.4. The molecule has 2 atom stereocenters. The Bertz CT molecular complexity index is 664. The van der Waals surface area contributed by atoms with Gasteiger partial charge in [-0.15, -0.1) is 12.4 Å². The van der Waals surface area contributed by atoms with Gasteiger partial charge in [-0.2, -0.15) is 10.2 Å². The summed E-state index contributed by atoms with van der Waals surface area (Å²) in [5.41, 5.74) is 1.10. The number of nitrogens with one attached hydrogen (secondary N) is 2. The Morgan fingerprint density at radius 3 is 2.83 bits per heavy atom. The monoisotopic (exact) mass is 338 g/mol. The minimum atomic E-state index is -0.0975. The number of aryl methyl sites for hydroxylation is 1. The average molecular weight is 339 g/mol. The Hall–Kier alpha value is -1.86. The average Bonchev–Trinajstić information content (AvgIpc) is 3.16. The first kappa shape index (κ1) is 17.5. The first-order valence-electron chi connectivity index (χ1n) is 7.60. The van der Waals surface area contributed by atoms with E-state index in [-0.39, 0.29) is 36.2 Å². The van der Waals surface area contributed by atoms with Crippen LogP contribution in [-0.2, 0) is 11.8 Å². The van der Waals surface area contributed by atoms with E-state index in [1.807, 2.05) is 44.0 Å². The van der Waals surface area contributed by atoms with Crippen LogP contribution in [0.2, 0.25) is 0 Å². The highest BCUT2D eigenvalue weighted by atomic mass is 35.5. The van der Waals surface area contributed by atoms with Crippen LogP contribution in [0.15, 0.2) is 24.7 Å². The Kier molecular flexibility index (Phi) is 5.43. The Balaban J connectivity index is 0.00000192. The third-order valence-electron chi connectivity index (χ3n) is 4.11. The van der Waals surface area contributed by atoms with Crippen molar-refractivity contribution >= 4 is 24.1 Å². The highest BCUT2D eigenvalue weighted by Gasteiger charge is 2.35. The quantitative estimate of drug-likeness (QED) is 0.887. The summed E-state index contributed by atoms with van der Waals surface area (Å²) in [6.45, 7) is 5.56. The highest BCUT2D eigenvalue weighted by Crippen LogP contribution is 2.29. The molecule has 0 bridgehead atoms. The van der Waals surface area contributed by atoms with Crippen LogP contribution >= 0.6 is 12.4 Å². The van der Waals surface area contributed by atoms with Crippen molar-refractivity contribution in [2.45, 2.75) is 25.8 Å². The van der Waals surface area contributed by atoms with Crippen LogP contribution < -0.4 is 10.6 Å². The van der Waals surface area contributed by atoms with Crippen LogP contribution in [0.5, 0.6) is 0 Å². The predicted octanol–water partition coefficient (Wildman–Crippen LogP) is 1.56. The van der Waals surface area contributed by atoms with Crippen molar-refractivity contribution in [1.82, 2.24) is 24.9 Å². The molecule has 0 aliphatic carbocycles. The van der Waals surface area contributed by atoms with Crippen molar-refractivity contribution in [3.05, 3.63) is 30.2 Å². The number of anilines is 1. The fraction of sp³-hybridized carbons (Fsp3) is 0.533. The van der Waals surface area contributed by atoms with Crippen LogP contribution in [0, 0.1) is 5.92 Å². The zero-order chi connectivity index (χ0) is 15.7. The summed E-state index contributed by atoms with van der Waals surface area (Å²) in [5.74, 6) is 0.835. The van der Waals surface area contributed by atoms with Gasteiger partial charge in [-0.3, -0.25) is 9.48 Å². The van der Waals surface area contributed by atoms with Crippen LogP contribution in [0.4, 0.5) is 5.82 Å². The molecule has 1 amide bonds. The summed E-state index contributed by atoms with van der Waals surface area (Å²) in [6.07, 6.45) is 5.54. The molecule has 0 radical (unpaired) electrons. The molecule has 1 fully saturated rings. The van der Waals surface area contributed by atoms with E-state index in [4.69, 9.17) is 0 Å². The Morgan fingerprint density at radius 2 is 2.17 bits per heavy atom. The van der Waals surface area contributed by atoms with E-state index in [1.54, 1.807) is 10.9 Å². The van der Waals surface area contributed by atoms with Gasteiger partial charge in [-0.05, 0) is 19.4 Å². The molecule has 0 spiro atoms. The third kappa shape index (κ3) is 3.56. The standard InChI is InChI=1S/C15H22N6O.ClH/c1-10(2)21-14(4-5-17-21)19-15(22)13-8-16-7-12(13)11-6-18-20(3)9-11;/h4-6,9-10,12-13,16H,7-8H2,1-3H3,(H,19,22);1H/t12-,13+;/m1./s1. The van der Waals surface area contributed by atoms with Gasteiger partial charge in [0.1, 0.15) is 5.82 Å². The molecular weight excluding hydrogens is 316 g/mol. The highest BCUT2D eigenvalue weighted by molar-refractivity contribution is 5.92. The predicted molar refractivity (Wildman–Crippen MR) is 90.8 cm³/mol. The van der Waals surface area contributed by atoms with Crippen LogP contribution in [0.1, 0.15) is 31.4 Å². The van der Waals surface area contributed by atoms with E-state index in [0.717, 1.165) is 17.9 Å². The van der Waals surface area contributed by atoms with Gasteiger partial charge in [0.15, 0.2) is 0 Å². The van der Waals surface area contributed by atoms with Crippen molar-refractivity contribution in [2.24, 2.45) is 13.0 Å². The second-order valence-corrected chi connectivity index (χ2v) is 6.06. The van der Waals surface area contributed by atoms with Crippen molar-refractivity contribution in [2.75, 3.05) is 18.4 Å². The molecule has 126 valence electrons. The zero-order valence-electron chi connectivity index (χ0n) is 13.6. The Morgan fingerprint density at radius 1 is 1.39 bits per heavy atom. The number of hydrogen-bond acceptors (Lipinski definition) is 4. The van der Waals surface area contributed by atoms with Gasteiger partial charge in [0.25, 0.3) is 0 Å². The lowest BCUT2D eigenvalue weighted by Gasteiger charge is -2.18. The van der Waals surface area contributed by atoms with Gasteiger partial charge in [0, 0.05) is 44.4 Å². The Labute approximate surface area is 141 Å². The summed E-state index contributed by atoms with van der Waals surface area (Å²) in [7, 11) is 1.89. The summed E-state index contributed by atoms with van der Waals surface area (Å²) in [4.78, 5) is 12.7. The number of amides is 1. The fourth-order valence-electron chi connectivity index (χ4n) is 2.98. The maximum atomic E-state index is 12.7. The minimum Gasteiger partial charge on any atom is -0.315 e. The van der Waals surface area contributed by atoms with E-state index in [1.165, 1.54) is 0 Å². The second kappa shape index (κ2) is 7.14. The van der Waals surface area contributed by atoms with Crippen molar-refractivity contribution in [3.8, 4) is 0 Å². The lowest BCUT2D eigenvalue weighted by molar-refractivity contribution is -0.119. The molecule has 1 aliphatic heterocycles. The molecule has 2 aromatic heterocycles. The van der Waals surface area contributed by atoms with Crippen molar-refractivity contribution in [3.63, 3.8) is 0 Å². The van der Waals surface area contributed by atoms with Gasteiger partial charge in [-0.25, -0.2) is 4.68 Å². The smallest absolute Gasteiger partial charge is 0.230 e. The van der Waals surface area contributed by atoms with Gasteiger partial charge in [-0.1, -0.05) is 0 Å². The summed E-state index contributed by atoms with van der Waals surface area (Å²) in [5, 5.41) is 14.8. The van der Waals surface area contributed by atoms with E-state index < -0.39 is 0 Å². The molecule has 7 nitrogen and oxygen atoms in total. The molecular formula is C15H23ClN6O. The normalized spacial score (nSPS) is 20.5. The fourth-order valence-corrected chi connectivity index (χ4v) is 2.98. The van der Waals surface area contributed by atoms with Gasteiger partial charge in [0.05, 0.1) is 18.3 Å². The van der Waals surface area contributed by atoms with Crippen LogP contribution in [-0.4, -0.2) is 38.6 Å². The molecule has 2 N–H and O–H groups in total. The maximum Gasteiger partial charge on any atom is 0.230 e. The molecule has 1 saturated heterocycles. The second-order valence-electron chi connectivity index (χ2n) is 6.06. The van der Waals surface area contributed by atoms with Gasteiger partial charge >= 0.3 is 0 Å². The van der Waals surface area contributed by atoms with Crippen molar-refractivity contribution < 1.29 is 4.79 Å². The molecule has 3 heterocycles. The van der Waals surface area contributed by atoms with Crippen LogP contribution in [0.25, 0.3) is 0 Å². The molecule has 0 aromatic carbocycles. The largest absolute Gasteiger partial charge is 0.315 e. The molecule has 23 heavy (non-hydrogen) atoms. The molecule has 0 unspecified atom stereocenters. The number of carbonyl (C=O) groups is 1. The summed E-state index contributed by atoms with van der Waals surface area (Å²) >= 11 is 0. The van der Waals surface area contributed by atoms with E-state index in [9.17, 15) is 4.79 Å². The van der Waals surface area contributed by atoms with E-state index >= 15 is 0 Å². The summed E-state index contributed by atoms with van der Waals surface area (Å²) in [6, 6.07) is 2.04. The van der Waals surface area contributed by atoms with Crippen molar-refractivity contribution in [1.29, 1.82) is 0 Å². The summed E-state index contributed by atoms with van der Waals surface area (Å²) < 4.78 is 3.59. The first-order valence-corrected chi connectivity index (χ1v) is 7.60. The van der Waals surface area contributed by atoms with Gasteiger partial charge in [0.2, 0.25) is 5.91 Å². The third-order valence-corrected chi connectivity index (χ3v) is 4.11. The molecule has 2 aromatic rings. The molecule has 1 aliphatic rings. The first-order chi connectivity index (χ1) is 10.6. The lowest BCUT2D eigenvalue weighted by Crippen LogP contribution is -2.29. The number of carbonyl (C=O) groups excluding carboxylic acids is 1. The number of aromatic nitrogens is 4. The molecule has 0 saturated carbocycles. The van der Waals surface area contributed by atoms with Gasteiger partial charge < -0.3 is 10.6 Å². The topological polar surface area (TPSA) is 76.8 Å². The minimum absolute atomic E-state index is 0. The number of nitrogens with zero attached hydrogens (tertiary/aromatic N) is 4. The number of rotatable bonds is 4. The maximum absolute atomic E-state index is 12.7. The SMILES string of the molecule is CC(C)n1nccc1NC(=O)[C@H]1CNC[C@@H]1c1cnn(C)c1.Cl. The number of hydrogen-bond donors (Lipinski definition) is 2. The van der Waals surface area contributed by atoms with E-state index in [2.05, 4.69) is 20.8 Å². The lowest BCUT2D eigenvalue weighted by atomic mass is 9.90.